The number of H-pyrrole nitrogens is 1. The van der Waals surface area contributed by atoms with E-state index in [0.29, 0.717) is 12.5 Å². The molecule has 0 atom stereocenters. The first kappa shape index (κ1) is 12.5. The maximum atomic E-state index is 5.94. The zero-order chi connectivity index (χ0) is 13.0. The molecule has 0 radical (unpaired) electrons. The Morgan fingerprint density at radius 3 is 2.67 bits per heavy atom. The minimum Gasteiger partial charge on any atom is -0.370 e. The monoisotopic (exact) mass is 244 g/mol. The van der Waals surface area contributed by atoms with Gasteiger partial charge >= 0.3 is 0 Å². The first-order valence-electron chi connectivity index (χ1n) is 6.36. The molecule has 0 fully saturated rings. The minimum atomic E-state index is 0.594. The highest BCUT2D eigenvalue weighted by molar-refractivity contribution is 5.80. The molecule has 0 saturated heterocycles. The molecule has 1 aromatic carbocycles. The summed E-state index contributed by atoms with van der Waals surface area (Å²) < 4.78 is 0. The average Bonchev–Trinajstić information content (AvgIpc) is 2.80. The molecule has 0 bridgehead atoms. The van der Waals surface area contributed by atoms with E-state index in [1.807, 2.05) is 17.0 Å². The molecule has 4 nitrogen and oxygen atoms in total. The number of benzene rings is 1. The van der Waals surface area contributed by atoms with Crippen molar-refractivity contribution < 1.29 is 0 Å². The van der Waals surface area contributed by atoms with Crippen molar-refractivity contribution in [2.75, 3.05) is 13.1 Å². The van der Waals surface area contributed by atoms with Crippen molar-refractivity contribution in [3.8, 4) is 0 Å². The van der Waals surface area contributed by atoms with Gasteiger partial charge in [-0.3, -0.25) is 0 Å². The number of guanidine groups is 1. The number of aromatic nitrogens is 1. The van der Waals surface area contributed by atoms with Crippen LogP contribution in [0.2, 0.25) is 0 Å². The van der Waals surface area contributed by atoms with Gasteiger partial charge in [0.2, 0.25) is 0 Å². The van der Waals surface area contributed by atoms with E-state index in [-0.39, 0.29) is 0 Å². The van der Waals surface area contributed by atoms with Crippen molar-refractivity contribution in [2.45, 2.75) is 20.4 Å². The molecule has 3 N–H and O–H groups in total. The minimum absolute atomic E-state index is 0.594. The number of hydrogen-bond acceptors (Lipinski definition) is 1. The Balaban J connectivity index is 2.11. The number of rotatable bonds is 4. The van der Waals surface area contributed by atoms with E-state index in [4.69, 9.17) is 5.73 Å². The lowest BCUT2D eigenvalue weighted by Crippen LogP contribution is -2.37. The van der Waals surface area contributed by atoms with Gasteiger partial charge in [-0.15, -0.1) is 0 Å². The Kier molecular flexibility index (Phi) is 3.87. The fourth-order valence-electron chi connectivity index (χ4n) is 2.03. The van der Waals surface area contributed by atoms with Gasteiger partial charge in [0.15, 0.2) is 5.96 Å². The van der Waals surface area contributed by atoms with Gasteiger partial charge in [0, 0.05) is 24.3 Å². The van der Waals surface area contributed by atoms with Gasteiger partial charge in [0.1, 0.15) is 0 Å². The molecular formula is C14H20N4. The summed E-state index contributed by atoms with van der Waals surface area (Å²) in [6.07, 6.45) is 0. The van der Waals surface area contributed by atoms with Crippen LogP contribution in [0, 0.1) is 0 Å². The smallest absolute Gasteiger partial charge is 0.191 e. The van der Waals surface area contributed by atoms with E-state index < -0.39 is 0 Å². The Morgan fingerprint density at radius 2 is 2.00 bits per heavy atom. The van der Waals surface area contributed by atoms with E-state index in [9.17, 15) is 0 Å². The van der Waals surface area contributed by atoms with Gasteiger partial charge < -0.3 is 15.6 Å². The normalized spacial score (nSPS) is 12.0. The number of nitrogens with two attached hydrogens (primary N) is 1. The number of nitrogens with one attached hydrogen (secondary N) is 1. The van der Waals surface area contributed by atoms with Crippen LogP contribution >= 0.6 is 0 Å². The zero-order valence-electron chi connectivity index (χ0n) is 11.0. The maximum Gasteiger partial charge on any atom is 0.191 e. The van der Waals surface area contributed by atoms with Crippen LogP contribution < -0.4 is 5.73 Å². The second-order valence-electron chi connectivity index (χ2n) is 4.23. The van der Waals surface area contributed by atoms with E-state index >= 15 is 0 Å². The fraction of sp³-hybridized carbons (Fsp3) is 0.357. The summed E-state index contributed by atoms with van der Waals surface area (Å²) in [4.78, 5) is 9.81. The third kappa shape index (κ3) is 2.64. The number of hydrogen-bond donors (Lipinski definition) is 2. The first-order chi connectivity index (χ1) is 8.74. The summed E-state index contributed by atoms with van der Waals surface area (Å²) in [7, 11) is 0. The highest BCUT2D eigenvalue weighted by Gasteiger charge is 2.03. The lowest BCUT2D eigenvalue weighted by atomic mass is 10.2. The largest absolute Gasteiger partial charge is 0.370 e. The number of aromatic amines is 1. The van der Waals surface area contributed by atoms with Crippen molar-refractivity contribution >= 4 is 16.9 Å². The Morgan fingerprint density at radius 1 is 1.28 bits per heavy atom. The molecule has 1 heterocycles. The lowest BCUT2D eigenvalue weighted by Gasteiger charge is -2.19. The van der Waals surface area contributed by atoms with Gasteiger partial charge in [-0.2, -0.15) is 0 Å². The standard InChI is InChI=1S/C14H20N4/c1-3-18(4-2)14(15)16-10-12-9-11-7-5-6-8-13(11)17-12/h5-9,17H,3-4,10H2,1-2H3,(H2,15,16). The Hall–Kier alpha value is -1.97. The number of fused-ring (bicyclic) bond motifs is 1. The number of aliphatic imine (C=N–C) groups is 1. The predicted molar refractivity (Wildman–Crippen MR) is 76.5 cm³/mol. The van der Waals surface area contributed by atoms with Crippen molar-refractivity contribution in [1.82, 2.24) is 9.88 Å². The van der Waals surface area contributed by atoms with Gasteiger partial charge in [0.05, 0.1) is 6.54 Å². The highest BCUT2D eigenvalue weighted by atomic mass is 15.2. The third-order valence-corrected chi connectivity index (χ3v) is 3.08. The van der Waals surface area contributed by atoms with Gasteiger partial charge in [-0.05, 0) is 31.4 Å². The summed E-state index contributed by atoms with van der Waals surface area (Å²) in [5.74, 6) is 0.610. The van der Waals surface area contributed by atoms with Crippen LogP contribution in [-0.4, -0.2) is 28.9 Å². The second-order valence-corrected chi connectivity index (χ2v) is 4.23. The van der Waals surface area contributed by atoms with Crippen LogP contribution in [0.15, 0.2) is 35.3 Å². The van der Waals surface area contributed by atoms with E-state index in [2.05, 4.69) is 42.0 Å². The van der Waals surface area contributed by atoms with Crippen molar-refractivity contribution in [3.63, 3.8) is 0 Å². The molecular weight excluding hydrogens is 224 g/mol. The summed E-state index contributed by atoms with van der Waals surface area (Å²) in [6.45, 7) is 6.53. The van der Waals surface area contributed by atoms with Crippen molar-refractivity contribution in [1.29, 1.82) is 0 Å². The lowest BCUT2D eigenvalue weighted by molar-refractivity contribution is 0.458. The van der Waals surface area contributed by atoms with Gasteiger partial charge in [-0.1, -0.05) is 18.2 Å². The molecule has 0 saturated carbocycles. The maximum absolute atomic E-state index is 5.94. The predicted octanol–water partition coefficient (Wildman–Crippen LogP) is 2.32. The third-order valence-electron chi connectivity index (χ3n) is 3.08. The van der Waals surface area contributed by atoms with E-state index in [1.165, 1.54) is 5.39 Å². The molecule has 1 aromatic heterocycles. The SMILES string of the molecule is CCN(CC)C(N)=NCc1cc2ccccc2[nH]1. The molecule has 96 valence electrons. The molecule has 0 spiro atoms. The Labute approximate surface area is 108 Å². The van der Waals surface area contributed by atoms with Gasteiger partial charge in [0.25, 0.3) is 0 Å². The molecule has 0 aliphatic carbocycles. The van der Waals surface area contributed by atoms with Crippen LogP contribution in [0.5, 0.6) is 0 Å². The first-order valence-corrected chi connectivity index (χ1v) is 6.36. The fourth-order valence-corrected chi connectivity index (χ4v) is 2.03. The molecule has 0 aliphatic rings. The highest BCUT2D eigenvalue weighted by Crippen LogP contribution is 2.15. The second kappa shape index (κ2) is 5.58. The molecule has 18 heavy (non-hydrogen) atoms. The zero-order valence-corrected chi connectivity index (χ0v) is 11.0. The number of nitrogens with zero attached hydrogens (tertiary/aromatic N) is 2. The summed E-state index contributed by atoms with van der Waals surface area (Å²) in [6, 6.07) is 10.3. The Bertz CT molecular complexity index is 504. The van der Waals surface area contributed by atoms with Gasteiger partial charge in [-0.25, -0.2) is 4.99 Å². The van der Waals surface area contributed by atoms with Crippen molar-refractivity contribution in [2.24, 2.45) is 10.7 Å². The van der Waals surface area contributed by atoms with Crippen LogP contribution in [0.1, 0.15) is 19.5 Å². The van der Waals surface area contributed by atoms with Crippen LogP contribution in [0.25, 0.3) is 10.9 Å². The van der Waals surface area contributed by atoms with Crippen LogP contribution in [0.4, 0.5) is 0 Å². The average molecular weight is 244 g/mol. The van der Waals surface area contributed by atoms with Crippen LogP contribution in [-0.2, 0) is 6.54 Å². The summed E-state index contributed by atoms with van der Waals surface area (Å²) >= 11 is 0. The topological polar surface area (TPSA) is 57.4 Å². The van der Waals surface area contributed by atoms with Crippen LogP contribution in [0.3, 0.4) is 0 Å². The molecule has 4 heteroatoms. The quantitative estimate of drug-likeness (QED) is 0.640. The molecule has 0 aliphatic heterocycles. The number of para-hydroxylation sites is 1. The van der Waals surface area contributed by atoms with Crippen molar-refractivity contribution in [3.05, 3.63) is 36.0 Å². The molecule has 0 amide bonds. The van der Waals surface area contributed by atoms with E-state index in [0.717, 1.165) is 24.3 Å². The molecule has 2 rings (SSSR count). The molecule has 0 unspecified atom stereocenters. The summed E-state index contributed by atoms with van der Waals surface area (Å²) in [5.41, 5.74) is 8.17. The molecule has 2 aromatic rings. The summed E-state index contributed by atoms with van der Waals surface area (Å²) in [5, 5.41) is 1.21. The van der Waals surface area contributed by atoms with E-state index in [1.54, 1.807) is 0 Å².